The Balaban J connectivity index is 1.70. The van der Waals surface area contributed by atoms with Gasteiger partial charge in [-0.2, -0.15) is 0 Å². The summed E-state index contributed by atoms with van der Waals surface area (Å²) >= 11 is 0. The van der Waals surface area contributed by atoms with Crippen molar-refractivity contribution < 1.29 is 9.18 Å². The number of benzene rings is 1. The van der Waals surface area contributed by atoms with Gasteiger partial charge in [-0.05, 0) is 30.5 Å². The molecule has 3 nitrogen and oxygen atoms in total. The fourth-order valence-electron chi connectivity index (χ4n) is 3.30. The molecule has 1 aliphatic heterocycles. The summed E-state index contributed by atoms with van der Waals surface area (Å²) in [5.41, 5.74) is 1.16. The fraction of sp³-hybridized carbons (Fsp3) is 0.562. The standard InChI is InChI=1S/C16H21FN2O/c17-14-5-3-13(4-6-14)16(7-1-2-8-16)11-19-15(20)12-9-18-10-12/h3-6,12,18H,1-2,7-11H2,(H,19,20). The van der Waals surface area contributed by atoms with Gasteiger partial charge in [-0.25, -0.2) is 4.39 Å². The summed E-state index contributed by atoms with van der Waals surface area (Å²) in [6.07, 6.45) is 4.50. The minimum atomic E-state index is -0.202. The molecule has 4 heteroatoms. The summed E-state index contributed by atoms with van der Waals surface area (Å²) in [7, 11) is 0. The molecule has 1 amide bonds. The van der Waals surface area contributed by atoms with Crippen LogP contribution in [0, 0.1) is 11.7 Å². The number of rotatable bonds is 4. The molecule has 1 heterocycles. The lowest BCUT2D eigenvalue weighted by Gasteiger charge is -2.32. The third-order valence-electron chi connectivity index (χ3n) is 4.77. The zero-order valence-corrected chi connectivity index (χ0v) is 11.6. The van der Waals surface area contributed by atoms with Crippen LogP contribution in [0.1, 0.15) is 31.2 Å². The predicted octanol–water partition coefficient (Wildman–Crippen LogP) is 1.97. The smallest absolute Gasteiger partial charge is 0.225 e. The van der Waals surface area contributed by atoms with Crippen LogP contribution < -0.4 is 10.6 Å². The topological polar surface area (TPSA) is 41.1 Å². The van der Waals surface area contributed by atoms with Crippen molar-refractivity contribution in [2.45, 2.75) is 31.1 Å². The molecule has 108 valence electrons. The van der Waals surface area contributed by atoms with Crippen LogP contribution in [-0.4, -0.2) is 25.5 Å². The van der Waals surface area contributed by atoms with E-state index in [1.165, 1.54) is 25.0 Å². The number of amides is 1. The van der Waals surface area contributed by atoms with Gasteiger partial charge in [0.1, 0.15) is 5.82 Å². The normalized spacial score (nSPS) is 21.4. The van der Waals surface area contributed by atoms with Crippen molar-refractivity contribution in [2.24, 2.45) is 5.92 Å². The van der Waals surface area contributed by atoms with Gasteiger partial charge in [0, 0.05) is 25.0 Å². The van der Waals surface area contributed by atoms with E-state index in [4.69, 9.17) is 0 Å². The van der Waals surface area contributed by atoms with Gasteiger partial charge in [0.15, 0.2) is 0 Å². The molecule has 1 saturated carbocycles. The SMILES string of the molecule is O=C(NCC1(c2ccc(F)cc2)CCCC1)C1CNC1. The monoisotopic (exact) mass is 276 g/mol. The Morgan fingerprint density at radius 1 is 1.25 bits per heavy atom. The molecule has 1 aromatic rings. The van der Waals surface area contributed by atoms with Crippen LogP contribution in [-0.2, 0) is 10.2 Å². The first-order chi connectivity index (χ1) is 9.70. The molecule has 2 N–H and O–H groups in total. The molecule has 0 radical (unpaired) electrons. The molecule has 0 atom stereocenters. The Bertz CT molecular complexity index is 476. The molecule has 0 spiro atoms. The van der Waals surface area contributed by atoms with E-state index in [1.807, 2.05) is 12.1 Å². The third kappa shape index (κ3) is 2.57. The second-order valence-corrected chi connectivity index (χ2v) is 6.07. The van der Waals surface area contributed by atoms with E-state index in [2.05, 4.69) is 10.6 Å². The van der Waals surface area contributed by atoms with Crippen LogP contribution in [0.2, 0.25) is 0 Å². The molecule has 1 saturated heterocycles. The van der Waals surface area contributed by atoms with Gasteiger partial charge in [-0.15, -0.1) is 0 Å². The van der Waals surface area contributed by atoms with E-state index in [0.717, 1.165) is 31.5 Å². The van der Waals surface area contributed by atoms with E-state index in [1.54, 1.807) is 0 Å². The summed E-state index contributed by atoms with van der Waals surface area (Å²) < 4.78 is 13.1. The predicted molar refractivity (Wildman–Crippen MR) is 75.9 cm³/mol. The van der Waals surface area contributed by atoms with E-state index in [-0.39, 0.29) is 23.1 Å². The zero-order chi connectivity index (χ0) is 14.0. The summed E-state index contributed by atoms with van der Waals surface area (Å²) in [4.78, 5) is 12.0. The Hall–Kier alpha value is -1.42. The molecule has 0 unspecified atom stereocenters. The van der Waals surface area contributed by atoms with Gasteiger partial charge in [0.2, 0.25) is 5.91 Å². The summed E-state index contributed by atoms with van der Waals surface area (Å²) in [6.45, 7) is 2.25. The van der Waals surface area contributed by atoms with Gasteiger partial charge in [-0.3, -0.25) is 4.79 Å². The lowest BCUT2D eigenvalue weighted by atomic mass is 9.78. The van der Waals surface area contributed by atoms with Crippen molar-refractivity contribution in [3.63, 3.8) is 0 Å². The maximum absolute atomic E-state index is 13.1. The first kappa shape index (κ1) is 13.6. The molecule has 0 aromatic heterocycles. The van der Waals surface area contributed by atoms with Crippen LogP contribution in [0.3, 0.4) is 0 Å². The number of hydrogen-bond acceptors (Lipinski definition) is 2. The molecule has 20 heavy (non-hydrogen) atoms. The van der Waals surface area contributed by atoms with E-state index >= 15 is 0 Å². The largest absolute Gasteiger partial charge is 0.355 e. The Morgan fingerprint density at radius 3 is 2.45 bits per heavy atom. The summed E-state index contributed by atoms with van der Waals surface area (Å²) in [6, 6.07) is 6.79. The summed E-state index contributed by atoms with van der Waals surface area (Å²) in [5.74, 6) is 0.0743. The van der Waals surface area contributed by atoms with Crippen LogP contribution in [0.5, 0.6) is 0 Å². The first-order valence-corrected chi connectivity index (χ1v) is 7.44. The molecular formula is C16H21FN2O. The molecule has 2 aliphatic rings. The second kappa shape index (κ2) is 5.52. The highest BCUT2D eigenvalue weighted by Gasteiger charge is 2.36. The van der Waals surface area contributed by atoms with Crippen LogP contribution in [0.4, 0.5) is 4.39 Å². The number of hydrogen-bond donors (Lipinski definition) is 2. The average Bonchev–Trinajstić information content (AvgIpc) is 2.85. The third-order valence-corrected chi connectivity index (χ3v) is 4.77. The van der Waals surface area contributed by atoms with E-state index in [0.29, 0.717) is 6.54 Å². The van der Waals surface area contributed by atoms with E-state index in [9.17, 15) is 9.18 Å². The first-order valence-electron chi connectivity index (χ1n) is 7.44. The molecular weight excluding hydrogens is 255 g/mol. The van der Waals surface area contributed by atoms with Gasteiger partial charge < -0.3 is 10.6 Å². The van der Waals surface area contributed by atoms with Gasteiger partial charge in [-0.1, -0.05) is 25.0 Å². The maximum atomic E-state index is 13.1. The number of halogens is 1. The van der Waals surface area contributed by atoms with Crippen molar-refractivity contribution in [3.05, 3.63) is 35.6 Å². The van der Waals surface area contributed by atoms with Crippen LogP contribution in [0.15, 0.2) is 24.3 Å². The Labute approximate surface area is 118 Å². The quantitative estimate of drug-likeness (QED) is 0.883. The molecule has 3 rings (SSSR count). The van der Waals surface area contributed by atoms with Crippen molar-refractivity contribution >= 4 is 5.91 Å². The Morgan fingerprint density at radius 2 is 1.90 bits per heavy atom. The van der Waals surface area contributed by atoms with E-state index < -0.39 is 0 Å². The molecule has 0 bridgehead atoms. The van der Waals surface area contributed by atoms with Crippen molar-refractivity contribution in [1.82, 2.24) is 10.6 Å². The highest BCUT2D eigenvalue weighted by atomic mass is 19.1. The zero-order valence-electron chi connectivity index (χ0n) is 11.6. The van der Waals surface area contributed by atoms with Gasteiger partial charge >= 0.3 is 0 Å². The fourth-order valence-corrected chi connectivity index (χ4v) is 3.30. The Kier molecular flexibility index (Phi) is 3.74. The number of nitrogens with one attached hydrogen (secondary N) is 2. The molecule has 2 fully saturated rings. The van der Waals surface area contributed by atoms with Crippen LogP contribution in [0.25, 0.3) is 0 Å². The van der Waals surface area contributed by atoms with Crippen LogP contribution >= 0.6 is 0 Å². The van der Waals surface area contributed by atoms with Gasteiger partial charge in [0.05, 0.1) is 5.92 Å². The number of carbonyl (C=O) groups excluding carboxylic acids is 1. The van der Waals surface area contributed by atoms with Crippen molar-refractivity contribution in [1.29, 1.82) is 0 Å². The maximum Gasteiger partial charge on any atom is 0.225 e. The molecule has 1 aliphatic carbocycles. The highest BCUT2D eigenvalue weighted by Crippen LogP contribution is 2.40. The summed E-state index contributed by atoms with van der Waals surface area (Å²) in [5, 5.41) is 6.22. The average molecular weight is 276 g/mol. The molecule has 1 aromatic carbocycles. The van der Waals surface area contributed by atoms with Crippen molar-refractivity contribution in [2.75, 3.05) is 19.6 Å². The minimum Gasteiger partial charge on any atom is -0.355 e. The van der Waals surface area contributed by atoms with Gasteiger partial charge in [0.25, 0.3) is 0 Å². The number of carbonyl (C=O) groups is 1. The highest BCUT2D eigenvalue weighted by molar-refractivity contribution is 5.80. The minimum absolute atomic E-state index is 0.000531. The second-order valence-electron chi connectivity index (χ2n) is 6.07. The lowest BCUT2D eigenvalue weighted by Crippen LogP contribution is -2.52. The lowest BCUT2D eigenvalue weighted by molar-refractivity contribution is -0.126. The van der Waals surface area contributed by atoms with Crippen molar-refractivity contribution in [3.8, 4) is 0 Å².